The van der Waals surface area contributed by atoms with Crippen LogP contribution in [0.4, 0.5) is 0 Å². The summed E-state index contributed by atoms with van der Waals surface area (Å²) in [5.41, 5.74) is 1.13. The molecule has 0 aliphatic carbocycles. The third-order valence-electron chi connectivity index (χ3n) is 3.04. The molecule has 2 rings (SSSR count). The van der Waals surface area contributed by atoms with Crippen LogP contribution in [0.2, 0.25) is 5.02 Å². The highest BCUT2D eigenvalue weighted by atomic mass is 35.5. The van der Waals surface area contributed by atoms with E-state index in [0.717, 1.165) is 24.7 Å². The van der Waals surface area contributed by atoms with Gasteiger partial charge in [0.25, 0.3) is 0 Å². The molecule has 4 heteroatoms. The fraction of sp³-hybridized carbons (Fsp3) is 0.571. The second-order valence-electron chi connectivity index (χ2n) is 5.45. The lowest BCUT2D eigenvalue weighted by Gasteiger charge is -2.42. The average molecular weight is 288 g/mol. The minimum atomic E-state index is -0.135. The van der Waals surface area contributed by atoms with Crippen molar-refractivity contribution >= 4 is 23.2 Å². The van der Waals surface area contributed by atoms with Crippen molar-refractivity contribution in [1.82, 2.24) is 4.90 Å². The Bertz CT molecular complexity index is 391. The smallest absolute Gasteiger partial charge is 0.0845 e. The summed E-state index contributed by atoms with van der Waals surface area (Å²) in [6.07, 6.45) is 0.114. The molecule has 100 valence electrons. The number of benzene rings is 1. The van der Waals surface area contributed by atoms with Crippen LogP contribution < -0.4 is 0 Å². The lowest BCUT2D eigenvalue weighted by Crippen LogP contribution is -2.52. The fourth-order valence-corrected chi connectivity index (χ4v) is 2.75. The summed E-state index contributed by atoms with van der Waals surface area (Å²) in [4.78, 5) is 2.39. The Kier molecular flexibility index (Phi) is 4.54. The highest BCUT2D eigenvalue weighted by Crippen LogP contribution is 2.23. The summed E-state index contributed by atoms with van der Waals surface area (Å²) in [6, 6.07) is 8.00. The van der Waals surface area contributed by atoms with Crippen LogP contribution in [0.1, 0.15) is 19.4 Å². The van der Waals surface area contributed by atoms with Crippen LogP contribution in [-0.2, 0) is 11.3 Å². The Labute approximate surface area is 119 Å². The highest BCUT2D eigenvalue weighted by Gasteiger charge is 2.32. The van der Waals surface area contributed by atoms with Crippen molar-refractivity contribution in [2.24, 2.45) is 0 Å². The van der Waals surface area contributed by atoms with Crippen LogP contribution in [0, 0.1) is 0 Å². The topological polar surface area (TPSA) is 12.5 Å². The Morgan fingerprint density at radius 1 is 1.33 bits per heavy atom. The highest BCUT2D eigenvalue weighted by molar-refractivity contribution is 6.30. The van der Waals surface area contributed by atoms with E-state index in [9.17, 15) is 0 Å². The summed E-state index contributed by atoms with van der Waals surface area (Å²) in [5.74, 6) is 0.542. The first-order valence-electron chi connectivity index (χ1n) is 6.19. The normalized spacial score (nSPS) is 24.1. The van der Waals surface area contributed by atoms with Crippen molar-refractivity contribution in [3.8, 4) is 0 Å². The van der Waals surface area contributed by atoms with E-state index in [1.54, 1.807) is 0 Å². The zero-order valence-corrected chi connectivity index (χ0v) is 12.3. The average Bonchev–Trinajstić information content (AvgIpc) is 2.30. The summed E-state index contributed by atoms with van der Waals surface area (Å²) >= 11 is 11.8. The number of hydrogen-bond acceptors (Lipinski definition) is 2. The Hall–Kier alpha value is -0.280. The first kappa shape index (κ1) is 14.1. The number of halogens is 2. The van der Waals surface area contributed by atoms with Gasteiger partial charge in [-0.3, -0.25) is 4.90 Å². The molecule has 0 spiro atoms. The van der Waals surface area contributed by atoms with Gasteiger partial charge in [-0.2, -0.15) is 0 Å². The van der Waals surface area contributed by atoms with E-state index in [1.165, 1.54) is 5.56 Å². The Balaban J connectivity index is 2.02. The van der Waals surface area contributed by atoms with E-state index in [2.05, 4.69) is 30.9 Å². The number of nitrogens with zero attached hydrogens (tertiary/aromatic N) is 1. The van der Waals surface area contributed by atoms with Crippen LogP contribution in [0.25, 0.3) is 0 Å². The molecule has 0 N–H and O–H groups in total. The van der Waals surface area contributed by atoms with Gasteiger partial charge in [-0.1, -0.05) is 23.7 Å². The lowest BCUT2D eigenvalue weighted by atomic mass is 10.0. The minimum Gasteiger partial charge on any atom is -0.368 e. The molecule has 1 aromatic rings. The molecule has 1 heterocycles. The first-order valence-corrected chi connectivity index (χ1v) is 7.10. The summed E-state index contributed by atoms with van der Waals surface area (Å²) in [7, 11) is 0. The van der Waals surface area contributed by atoms with Gasteiger partial charge < -0.3 is 4.74 Å². The molecule has 1 unspecified atom stereocenters. The van der Waals surface area contributed by atoms with Gasteiger partial charge in [0.15, 0.2) is 0 Å². The maximum absolute atomic E-state index is 5.93. The zero-order valence-electron chi connectivity index (χ0n) is 10.8. The van der Waals surface area contributed by atoms with E-state index in [4.69, 9.17) is 27.9 Å². The molecule has 0 aromatic heterocycles. The second kappa shape index (κ2) is 5.79. The number of alkyl halides is 1. The van der Waals surface area contributed by atoms with Gasteiger partial charge in [0.1, 0.15) is 0 Å². The standard InChI is InChI=1S/C14H19Cl2NO/c1-14(2)10-17(9-13(7-15)18-14)8-11-3-5-12(16)6-4-11/h3-6,13H,7-10H2,1-2H3. The van der Waals surface area contributed by atoms with Gasteiger partial charge in [-0.05, 0) is 31.5 Å². The van der Waals surface area contributed by atoms with Crippen molar-refractivity contribution in [2.75, 3.05) is 19.0 Å². The molecule has 0 amide bonds. The van der Waals surface area contributed by atoms with Crippen LogP contribution in [-0.4, -0.2) is 35.6 Å². The summed E-state index contributed by atoms with van der Waals surface area (Å²) in [6.45, 7) is 6.94. The molecule has 18 heavy (non-hydrogen) atoms. The number of ether oxygens (including phenoxy) is 1. The molecule has 1 fully saturated rings. The molecular formula is C14H19Cl2NO. The Morgan fingerprint density at radius 3 is 2.61 bits per heavy atom. The molecule has 0 radical (unpaired) electrons. The minimum absolute atomic E-state index is 0.114. The number of hydrogen-bond donors (Lipinski definition) is 0. The SMILES string of the molecule is CC1(C)CN(Cc2ccc(Cl)cc2)CC(CCl)O1. The summed E-state index contributed by atoms with van der Waals surface area (Å²) in [5, 5.41) is 0.777. The molecule has 1 aliphatic heterocycles. The van der Waals surface area contributed by atoms with Crippen LogP contribution in [0.15, 0.2) is 24.3 Å². The van der Waals surface area contributed by atoms with Crippen LogP contribution in [0.3, 0.4) is 0 Å². The largest absolute Gasteiger partial charge is 0.368 e. The molecular weight excluding hydrogens is 269 g/mol. The predicted molar refractivity (Wildman–Crippen MR) is 76.4 cm³/mol. The monoisotopic (exact) mass is 287 g/mol. The van der Waals surface area contributed by atoms with Crippen molar-refractivity contribution in [3.05, 3.63) is 34.9 Å². The lowest BCUT2D eigenvalue weighted by molar-refractivity contribution is -0.129. The predicted octanol–water partition coefficient (Wildman–Crippen LogP) is 3.56. The van der Waals surface area contributed by atoms with Gasteiger partial charge in [0.05, 0.1) is 11.7 Å². The maximum Gasteiger partial charge on any atom is 0.0845 e. The van der Waals surface area contributed by atoms with E-state index >= 15 is 0 Å². The van der Waals surface area contributed by atoms with E-state index < -0.39 is 0 Å². The fourth-order valence-electron chi connectivity index (χ4n) is 2.47. The summed E-state index contributed by atoms with van der Waals surface area (Å²) < 4.78 is 5.92. The quantitative estimate of drug-likeness (QED) is 0.789. The molecule has 1 aromatic carbocycles. The van der Waals surface area contributed by atoms with Crippen LogP contribution >= 0.6 is 23.2 Å². The van der Waals surface area contributed by atoms with Gasteiger partial charge in [0.2, 0.25) is 0 Å². The van der Waals surface area contributed by atoms with Crippen molar-refractivity contribution in [1.29, 1.82) is 0 Å². The van der Waals surface area contributed by atoms with E-state index in [-0.39, 0.29) is 11.7 Å². The zero-order chi connectivity index (χ0) is 13.2. The first-order chi connectivity index (χ1) is 8.48. The molecule has 0 bridgehead atoms. The van der Waals surface area contributed by atoms with Crippen molar-refractivity contribution in [3.63, 3.8) is 0 Å². The van der Waals surface area contributed by atoms with Gasteiger partial charge in [0, 0.05) is 30.5 Å². The molecule has 1 saturated heterocycles. The number of morpholine rings is 1. The molecule has 0 saturated carbocycles. The van der Waals surface area contributed by atoms with Gasteiger partial charge in [-0.25, -0.2) is 0 Å². The van der Waals surface area contributed by atoms with Gasteiger partial charge >= 0.3 is 0 Å². The van der Waals surface area contributed by atoms with E-state index in [0.29, 0.717) is 5.88 Å². The Morgan fingerprint density at radius 2 is 2.00 bits per heavy atom. The van der Waals surface area contributed by atoms with Crippen molar-refractivity contribution in [2.45, 2.75) is 32.1 Å². The van der Waals surface area contributed by atoms with Crippen LogP contribution in [0.5, 0.6) is 0 Å². The van der Waals surface area contributed by atoms with E-state index in [1.807, 2.05) is 12.1 Å². The third-order valence-corrected chi connectivity index (χ3v) is 3.64. The van der Waals surface area contributed by atoms with Gasteiger partial charge in [-0.15, -0.1) is 11.6 Å². The molecule has 1 atom stereocenters. The third kappa shape index (κ3) is 3.86. The molecule has 2 nitrogen and oxygen atoms in total. The number of rotatable bonds is 3. The second-order valence-corrected chi connectivity index (χ2v) is 6.19. The maximum atomic E-state index is 5.93. The molecule has 1 aliphatic rings. The van der Waals surface area contributed by atoms with Crippen molar-refractivity contribution < 1.29 is 4.74 Å².